The summed E-state index contributed by atoms with van der Waals surface area (Å²) in [5.41, 5.74) is 15.6. The molecule has 3 N–H and O–H groups in total. The van der Waals surface area contributed by atoms with Crippen molar-refractivity contribution in [3.05, 3.63) is 215 Å². The summed E-state index contributed by atoms with van der Waals surface area (Å²) in [6, 6.07) is 46.4. The molecule has 10 aromatic rings. The highest BCUT2D eigenvalue weighted by molar-refractivity contribution is 7.90. The lowest BCUT2D eigenvalue weighted by Crippen LogP contribution is -2.50. The van der Waals surface area contributed by atoms with E-state index in [2.05, 4.69) is 46.9 Å². The number of anilines is 1. The molecule has 0 bridgehead atoms. The summed E-state index contributed by atoms with van der Waals surface area (Å²) in [5.74, 6) is 1.12. The number of nitrogens with two attached hydrogens (primary N) is 1. The van der Waals surface area contributed by atoms with Crippen LogP contribution in [0.5, 0.6) is 0 Å². The van der Waals surface area contributed by atoms with Crippen molar-refractivity contribution in [2.45, 2.75) is 95.9 Å². The third-order valence-corrected chi connectivity index (χ3v) is 16.2. The molecule has 24 nitrogen and oxygen atoms in total. The van der Waals surface area contributed by atoms with E-state index < -0.39 is 33.0 Å². The summed E-state index contributed by atoms with van der Waals surface area (Å²) < 4.78 is 71.8. The van der Waals surface area contributed by atoms with Gasteiger partial charge in [-0.15, -0.1) is 9.97 Å². The number of sulfone groups is 1. The Morgan fingerprint density at radius 2 is 1.00 bits per heavy atom. The standard InChI is InChI=1S/C33H31N7O2.C20H15N5O2S.C14H20N2O2.2O2S/c1-22-18-35-32(36-25-15-14-23(2)39(19-25)33(41)42-21-24-10-6-4-7-11-24)38-30(22)28-20-40(26-12-8-5-9-13-26)31-27(28)16-17-29(34-3)37-31;1-13-11-22-20(28(3,26)27)24-18(13)16-12-25(14-7-5-4-6-8-14)19-15(16)9-10-17(21-2)23-19;1-11-7-8-13(15)9-16(11)14(17)18-10-12-5-3-2-4-6-12;2*1-3-2/h4-13,16-18,20,23,25H,14-15,19,21H2,1-2H3,(H,35,36,38);4-12H,1,3H3;2-6,11,13H,7-10,15H2,1H3;;/t23-,25-;;11-,13-;;/m0.0../s1. The van der Waals surface area contributed by atoms with Crippen LogP contribution in [0.2, 0.25) is 0 Å². The first-order valence-electron chi connectivity index (χ1n) is 29.5. The summed E-state index contributed by atoms with van der Waals surface area (Å²) in [6.45, 7) is 24.3. The van der Waals surface area contributed by atoms with Crippen LogP contribution >= 0.6 is 0 Å². The highest BCUT2D eigenvalue weighted by Gasteiger charge is 2.32. The van der Waals surface area contributed by atoms with Crippen LogP contribution in [-0.4, -0.2) is 130 Å². The van der Waals surface area contributed by atoms with Crippen molar-refractivity contribution >= 4 is 84.8 Å². The van der Waals surface area contributed by atoms with Crippen molar-refractivity contribution < 1.29 is 44.3 Å². The van der Waals surface area contributed by atoms with Crippen LogP contribution in [0.15, 0.2) is 176 Å². The maximum atomic E-state index is 13.0. The number of piperidine rings is 2. The monoisotopic (exact) mass is 1320 g/mol. The van der Waals surface area contributed by atoms with Gasteiger partial charge in [0.25, 0.3) is 11.6 Å². The summed E-state index contributed by atoms with van der Waals surface area (Å²) >= 11 is -1.50. The Balaban J connectivity index is 0.000000187. The van der Waals surface area contributed by atoms with Gasteiger partial charge in [0.05, 0.1) is 22.2 Å². The molecule has 4 atom stereocenters. The maximum Gasteiger partial charge on any atom is 0.410 e. The molecule has 2 aliphatic heterocycles. The lowest BCUT2D eigenvalue weighted by Gasteiger charge is -2.37. The zero-order valence-electron chi connectivity index (χ0n) is 51.9. The minimum absolute atomic E-state index is 0.0189. The number of hydrogen-bond acceptors (Lipinski definition) is 18. The molecule has 2 aliphatic rings. The van der Waals surface area contributed by atoms with Crippen molar-refractivity contribution in [1.29, 1.82) is 0 Å². The smallest absolute Gasteiger partial charge is 0.410 e. The second-order valence-corrected chi connectivity index (χ2v) is 24.1. The summed E-state index contributed by atoms with van der Waals surface area (Å²) in [4.78, 5) is 62.3. The van der Waals surface area contributed by atoms with Gasteiger partial charge in [-0.05, 0) is 112 Å². The van der Waals surface area contributed by atoms with E-state index in [-0.39, 0.29) is 53.9 Å². The normalized spacial score (nSPS) is 15.7. The van der Waals surface area contributed by atoms with E-state index in [1.807, 2.05) is 182 Å². The average Bonchev–Trinajstić information content (AvgIpc) is 1.61. The Morgan fingerprint density at radius 3 is 1.45 bits per heavy atom. The van der Waals surface area contributed by atoms with Crippen molar-refractivity contribution in [2.24, 2.45) is 5.73 Å². The third-order valence-electron chi connectivity index (χ3n) is 15.3. The van der Waals surface area contributed by atoms with E-state index >= 15 is 0 Å². The maximum absolute atomic E-state index is 13.0. The topological polar surface area (TPSA) is 295 Å². The molecule has 12 rings (SSSR count). The van der Waals surface area contributed by atoms with Gasteiger partial charge in [-0.3, -0.25) is 9.13 Å². The van der Waals surface area contributed by atoms with Gasteiger partial charge in [0, 0.05) is 90.8 Å². The first kappa shape index (κ1) is 69.2. The molecular weight excluding hydrogens is 1260 g/mol. The Hall–Kier alpha value is -10.7. The fourth-order valence-corrected chi connectivity index (χ4v) is 11.1. The number of carbonyl (C=O) groups excluding carboxylic acids is 2. The Morgan fingerprint density at radius 1 is 0.585 bits per heavy atom. The zero-order valence-corrected chi connectivity index (χ0v) is 54.3. The fraction of sp³-hybridized carbons (Fsp3) is 0.254. The van der Waals surface area contributed by atoms with E-state index in [0.717, 1.165) is 93.2 Å². The number of rotatable bonds is 11. The molecular formula is C67H66N14O10S3. The SMILES string of the molecule is C[C@H]1CC[C@H](N)CN1C(=O)OCc1ccccc1.O=S=O.O=S=O.[C-]#[N+]c1ccc2c(-c3nc(N[C@H]4CC[C@H](C)N(C(=O)OCc5ccccc5)C4)ncc3C)cn(-c3ccccc3)c2n1.[C-]#[N+]c1ccc2c(-c3nc(S(C)(=O)=O)ncc3C)cn(-c3ccccc3)c2n1. The predicted molar refractivity (Wildman–Crippen MR) is 357 cm³/mol. The number of carbonyl (C=O) groups is 2. The van der Waals surface area contributed by atoms with Crippen molar-refractivity contribution in [1.82, 2.24) is 48.8 Å². The highest BCUT2D eigenvalue weighted by Crippen LogP contribution is 2.36. The first-order valence-corrected chi connectivity index (χ1v) is 32.7. The molecule has 27 heteroatoms. The van der Waals surface area contributed by atoms with Crippen LogP contribution in [0.1, 0.15) is 61.8 Å². The molecule has 2 saturated heterocycles. The van der Waals surface area contributed by atoms with Gasteiger partial charge in [-0.2, -0.15) is 16.8 Å². The average molecular weight is 1320 g/mol. The molecule has 0 aliphatic carbocycles. The van der Waals surface area contributed by atoms with E-state index in [1.165, 1.54) is 6.20 Å². The highest BCUT2D eigenvalue weighted by atomic mass is 32.2. The quantitative estimate of drug-likeness (QED) is 0.0898. The van der Waals surface area contributed by atoms with E-state index in [1.54, 1.807) is 21.9 Å². The number of hydrogen-bond donors (Lipinski definition) is 2. The van der Waals surface area contributed by atoms with E-state index in [9.17, 15) is 18.0 Å². The molecule has 6 aromatic heterocycles. The summed E-state index contributed by atoms with van der Waals surface area (Å²) in [7, 11) is -3.54. The van der Waals surface area contributed by atoms with Gasteiger partial charge in [0.1, 0.15) is 13.2 Å². The molecule has 2 fully saturated rings. The number of benzene rings is 4. The van der Waals surface area contributed by atoms with Gasteiger partial charge in [0.2, 0.25) is 32.2 Å². The summed E-state index contributed by atoms with van der Waals surface area (Å²) in [6.07, 6.45) is 11.4. The molecule has 4 aromatic carbocycles. The Labute approximate surface area is 550 Å². The molecule has 8 heterocycles. The number of pyridine rings is 2. The third kappa shape index (κ3) is 17.9. The van der Waals surface area contributed by atoms with Gasteiger partial charge in [-0.1, -0.05) is 122 Å². The fourth-order valence-electron chi connectivity index (χ4n) is 10.6. The molecule has 0 unspecified atom stereocenters. The van der Waals surface area contributed by atoms with E-state index in [4.69, 9.17) is 50.2 Å². The number of para-hydroxylation sites is 2. The number of nitrogens with one attached hydrogen (secondary N) is 1. The lowest BCUT2D eigenvalue weighted by molar-refractivity contribution is 0.0678. The molecule has 0 spiro atoms. The lowest BCUT2D eigenvalue weighted by atomic mass is 10.00. The number of likely N-dealkylation sites (tertiary alicyclic amines) is 2. The van der Waals surface area contributed by atoms with Crippen LogP contribution < -0.4 is 11.1 Å². The predicted octanol–water partition coefficient (Wildman–Crippen LogP) is 11.5. The number of fused-ring (bicyclic) bond motifs is 2. The van der Waals surface area contributed by atoms with Gasteiger partial charge in [0.15, 0.2) is 0 Å². The number of amides is 2. The van der Waals surface area contributed by atoms with Gasteiger partial charge < -0.3 is 40.0 Å². The van der Waals surface area contributed by atoms with Gasteiger partial charge >= 0.3 is 35.3 Å². The number of aryl methyl sites for hydroxylation is 2. The number of nitrogens with zero attached hydrogens (tertiary/aromatic N) is 12. The molecule has 2 amide bonds. The minimum atomic E-state index is -3.54. The van der Waals surface area contributed by atoms with Crippen LogP contribution in [0.3, 0.4) is 0 Å². The molecule has 0 radical (unpaired) electrons. The Bertz CT molecular complexity index is 4530. The van der Waals surface area contributed by atoms with Crippen LogP contribution in [-0.2, 0) is 55.7 Å². The largest absolute Gasteiger partial charge is 0.445 e. The second-order valence-electron chi connectivity index (χ2n) is 22.0. The second kappa shape index (κ2) is 33.0. The Kier molecular flexibility index (Phi) is 24.3. The van der Waals surface area contributed by atoms with Crippen molar-refractivity contribution in [2.75, 3.05) is 24.7 Å². The van der Waals surface area contributed by atoms with Crippen molar-refractivity contribution in [3.63, 3.8) is 0 Å². The van der Waals surface area contributed by atoms with Crippen LogP contribution in [0.4, 0.5) is 27.2 Å². The van der Waals surface area contributed by atoms with Crippen LogP contribution in [0, 0.1) is 27.0 Å². The molecule has 94 heavy (non-hydrogen) atoms. The first-order chi connectivity index (χ1) is 45.4. The zero-order chi connectivity index (χ0) is 67.3. The van der Waals surface area contributed by atoms with Crippen LogP contribution in [0.25, 0.3) is 65.6 Å². The van der Waals surface area contributed by atoms with Crippen molar-refractivity contribution in [3.8, 4) is 33.9 Å². The number of aromatic nitrogens is 8. The van der Waals surface area contributed by atoms with E-state index in [0.29, 0.717) is 48.5 Å². The van der Waals surface area contributed by atoms with Gasteiger partial charge in [-0.25, -0.2) is 37.9 Å². The molecule has 0 saturated carbocycles. The molecule has 482 valence electrons. The number of ether oxygens (including phenoxy) is 2. The summed E-state index contributed by atoms with van der Waals surface area (Å²) in [5, 5.41) is 4.92. The minimum Gasteiger partial charge on any atom is -0.445 e.